The van der Waals surface area contributed by atoms with Gasteiger partial charge in [-0.15, -0.1) is 0 Å². The van der Waals surface area contributed by atoms with Gasteiger partial charge < -0.3 is 14.2 Å². The van der Waals surface area contributed by atoms with Gasteiger partial charge in [-0.3, -0.25) is 0 Å². The Kier molecular flexibility index (Phi) is 31.7. The topological polar surface area (TPSA) is 27.7 Å². The van der Waals surface area contributed by atoms with Crippen molar-refractivity contribution in [3.63, 3.8) is 0 Å². The van der Waals surface area contributed by atoms with Gasteiger partial charge >= 0.3 is 0 Å². The van der Waals surface area contributed by atoms with Crippen LogP contribution in [-0.4, -0.2) is 19.8 Å². The predicted molar refractivity (Wildman–Crippen MR) is 213 cm³/mol. The van der Waals surface area contributed by atoms with Crippen molar-refractivity contribution in [3.8, 4) is 17.2 Å². The Morgan fingerprint density at radius 3 is 0.875 bits per heavy atom. The monoisotopic (exact) mass is 673 g/mol. The Hall–Kier alpha value is -1.38. The zero-order valence-electron chi connectivity index (χ0n) is 33.3. The van der Waals surface area contributed by atoms with E-state index >= 15 is 0 Å². The van der Waals surface area contributed by atoms with Crippen molar-refractivity contribution in [2.24, 2.45) is 0 Å². The molecule has 0 aliphatic carbocycles. The van der Waals surface area contributed by atoms with Crippen LogP contribution in [0.2, 0.25) is 0 Å². The van der Waals surface area contributed by atoms with Crippen LogP contribution in [0.1, 0.15) is 239 Å². The van der Waals surface area contributed by atoms with E-state index in [0.29, 0.717) is 5.92 Å². The Labute approximate surface area is 301 Å². The van der Waals surface area contributed by atoms with Gasteiger partial charge in [-0.05, 0) is 42.9 Å². The Morgan fingerprint density at radius 1 is 0.354 bits per heavy atom. The summed E-state index contributed by atoms with van der Waals surface area (Å²) in [4.78, 5) is 0. The molecule has 0 aliphatic rings. The molecule has 0 aliphatic heterocycles. The summed E-state index contributed by atoms with van der Waals surface area (Å²) < 4.78 is 19.5. The van der Waals surface area contributed by atoms with E-state index in [1.54, 1.807) is 0 Å². The summed E-state index contributed by atoms with van der Waals surface area (Å²) in [6.45, 7) is 13.7. The van der Waals surface area contributed by atoms with Crippen molar-refractivity contribution in [2.45, 2.75) is 233 Å². The minimum atomic E-state index is 0.417. The summed E-state index contributed by atoms with van der Waals surface area (Å²) in [7, 11) is 0. The summed E-state index contributed by atoms with van der Waals surface area (Å²) in [5.41, 5.74) is 1.28. The van der Waals surface area contributed by atoms with Crippen molar-refractivity contribution >= 4 is 0 Å². The van der Waals surface area contributed by atoms with Gasteiger partial charge in [0.05, 0.1) is 19.8 Å². The molecule has 0 unspecified atom stereocenters. The SMILES string of the molecule is CCCCCCCCCCCCOc1cc(C(C)C)cc(OCCCCCCCCCCCC)c1OCCCCCCCCCCCC. The van der Waals surface area contributed by atoms with Crippen molar-refractivity contribution in [1.82, 2.24) is 0 Å². The molecule has 0 bridgehead atoms. The highest BCUT2D eigenvalue weighted by atomic mass is 16.5. The second-order valence-corrected chi connectivity index (χ2v) is 15.1. The van der Waals surface area contributed by atoms with Crippen molar-refractivity contribution in [1.29, 1.82) is 0 Å². The van der Waals surface area contributed by atoms with Gasteiger partial charge in [0.25, 0.3) is 0 Å². The smallest absolute Gasteiger partial charge is 0.203 e. The average molecular weight is 673 g/mol. The summed E-state index contributed by atoms with van der Waals surface area (Å²) in [6.07, 6.45) is 40.1. The average Bonchev–Trinajstić information content (AvgIpc) is 3.08. The van der Waals surface area contributed by atoms with E-state index < -0.39 is 0 Å². The Balaban J connectivity index is 2.61. The second kappa shape index (κ2) is 34.1. The maximum Gasteiger partial charge on any atom is 0.203 e. The third kappa shape index (κ3) is 25.6. The molecule has 0 atom stereocenters. The molecule has 1 aromatic rings. The molecule has 0 amide bonds. The summed E-state index contributed by atoms with van der Waals surface area (Å²) in [5.74, 6) is 3.04. The molecule has 1 rings (SSSR count). The van der Waals surface area contributed by atoms with E-state index in [4.69, 9.17) is 14.2 Å². The van der Waals surface area contributed by atoms with E-state index in [1.807, 2.05) is 0 Å². The lowest BCUT2D eigenvalue weighted by Crippen LogP contribution is -2.07. The van der Waals surface area contributed by atoms with Crippen molar-refractivity contribution in [3.05, 3.63) is 17.7 Å². The van der Waals surface area contributed by atoms with E-state index in [1.165, 1.54) is 179 Å². The first-order valence-electron chi connectivity index (χ1n) is 21.7. The molecule has 3 heteroatoms. The first kappa shape index (κ1) is 44.6. The van der Waals surface area contributed by atoms with E-state index in [2.05, 4.69) is 46.8 Å². The highest BCUT2D eigenvalue weighted by Crippen LogP contribution is 2.41. The first-order valence-corrected chi connectivity index (χ1v) is 21.7. The Bertz CT molecular complexity index is 756. The second-order valence-electron chi connectivity index (χ2n) is 15.1. The largest absolute Gasteiger partial charge is 0.490 e. The van der Waals surface area contributed by atoms with Crippen LogP contribution in [0.15, 0.2) is 12.1 Å². The molecular weight excluding hydrogens is 588 g/mol. The number of ether oxygens (including phenoxy) is 3. The van der Waals surface area contributed by atoms with Crippen LogP contribution < -0.4 is 14.2 Å². The Morgan fingerprint density at radius 2 is 0.604 bits per heavy atom. The molecule has 0 aromatic heterocycles. The van der Waals surface area contributed by atoms with Gasteiger partial charge in [0.2, 0.25) is 5.75 Å². The van der Waals surface area contributed by atoms with Crippen LogP contribution in [0.25, 0.3) is 0 Å². The normalized spacial score (nSPS) is 11.5. The summed E-state index contributed by atoms with van der Waals surface area (Å²) in [6, 6.07) is 4.45. The van der Waals surface area contributed by atoms with Gasteiger partial charge in [-0.1, -0.05) is 208 Å². The minimum Gasteiger partial charge on any atom is -0.490 e. The van der Waals surface area contributed by atoms with Gasteiger partial charge in [0, 0.05) is 0 Å². The van der Waals surface area contributed by atoms with Crippen molar-refractivity contribution < 1.29 is 14.2 Å². The molecule has 0 spiro atoms. The summed E-state index contributed by atoms with van der Waals surface area (Å²) >= 11 is 0. The molecule has 3 nitrogen and oxygen atoms in total. The highest BCUT2D eigenvalue weighted by molar-refractivity contribution is 5.54. The maximum atomic E-state index is 6.53. The van der Waals surface area contributed by atoms with Crippen LogP contribution >= 0.6 is 0 Å². The minimum absolute atomic E-state index is 0.417. The number of unbranched alkanes of at least 4 members (excludes halogenated alkanes) is 27. The predicted octanol–water partition coefficient (Wildman–Crippen LogP) is 15.7. The fourth-order valence-corrected chi connectivity index (χ4v) is 6.59. The molecule has 0 heterocycles. The van der Waals surface area contributed by atoms with Crippen LogP contribution in [0, 0.1) is 0 Å². The van der Waals surface area contributed by atoms with Crippen LogP contribution in [-0.2, 0) is 0 Å². The molecule has 0 saturated heterocycles. The molecule has 0 radical (unpaired) electrons. The number of rotatable bonds is 37. The molecule has 48 heavy (non-hydrogen) atoms. The van der Waals surface area contributed by atoms with Crippen molar-refractivity contribution in [2.75, 3.05) is 19.8 Å². The van der Waals surface area contributed by atoms with Gasteiger partial charge in [-0.2, -0.15) is 0 Å². The van der Waals surface area contributed by atoms with E-state index in [-0.39, 0.29) is 0 Å². The highest BCUT2D eigenvalue weighted by Gasteiger charge is 2.17. The van der Waals surface area contributed by atoms with Crippen LogP contribution in [0.4, 0.5) is 0 Å². The quantitative estimate of drug-likeness (QED) is 0.0658. The molecular formula is C45H84O3. The fourth-order valence-electron chi connectivity index (χ4n) is 6.59. The fraction of sp³-hybridized carbons (Fsp3) is 0.867. The first-order chi connectivity index (χ1) is 23.6. The number of benzene rings is 1. The van der Waals surface area contributed by atoms with Crippen LogP contribution in [0.5, 0.6) is 17.2 Å². The third-order valence-electron chi connectivity index (χ3n) is 9.96. The van der Waals surface area contributed by atoms with Crippen LogP contribution in [0.3, 0.4) is 0 Å². The molecule has 282 valence electrons. The third-order valence-corrected chi connectivity index (χ3v) is 9.96. The molecule has 0 fully saturated rings. The standard InChI is InChI=1S/C45H84O3/c1-6-9-12-15-18-21-24-27-30-33-36-46-43-39-42(41(4)5)40-44(47-37-34-31-28-25-22-19-16-13-10-7-2)45(43)48-38-35-32-29-26-23-20-17-14-11-8-3/h39-41H,6-38H2,1-5H3. The zero-order chi connectivity index (χ0) is 34.8. The molecule has 0 N–H and O–H groups in total. The lowest BCUT2D eigenvalue weighted by molar-refractivity contribution is 0.233. The van der Waals surface area contributed by atoms with Gasteiger partial charge in [0.15, 0.2) is 11.5 Å². The summed E-state index contributed by atoms with van der Waals surface area (Å²) in [5, 5.41) is 0. The number of hydrogen-bond donors (Lipinski definition) is 0. The van der Waals surface area contributed by atoms with Gasteiger partial charge in [-0.25, -0.2) is 0 Å². The van der Waals surface area contributed by atoms with E-state index in [0.717, 1.165) is 56.3 Å². The van der Waals surface area contributed by atoms with Gasteiger partial charge in [0.1, 0.15) is 0 Å². The maximum absolute atomic E-state index is 6.53. The lowest BCUT2D eigenvalue weighted by atomic mass is 10.0. The molecule has 0 saturated carbocycles. The van der Waals surface area contributed by atoms with E-state index in [9.17, 15) is 0 Å². The molecule has 1 aromatic carbocycles. The lowest BCUT2D eigenvalue weighted by Gasteiger charge is -2.20. The zero-order valence-corrected chi connectivity index (χ0v) is 33.3. The number of hydrogen-bond acceptors (Lipinski definition) is 3.